The summed E-state index contributed by atoms with van der Waals surface area (Å²) in [4.78, 5) is 21.0. The van der Waals surface area contributed by atoms with Crippen LogP contribution in [0.5, 0.6) is 0 Å². The standard InChI is InChI=1S/C12H11ClN2O4/c1-2-3-4-5-14-11-9(12(16)17)6-8(15(18)19)7-10(11)13/h1,6-7,14H,3-5H2,(H,16,17). The third-order valence-electron chi connectivity index (χ3n) is 2.32. The lowest BCUT2D eigenvalue weighted by atomic mass is 10.1. The van der Waals surface area contributed by atoms with Gasteiger partial charge < -0.3 is 10.4 Å². The molecule has 1 aromatic rings. The molecule has 0 unspecified atom stereocenters. The van der Waals surface area contributed by atoms with E-state index in [1.54, 1.807) is 0 Å². The molecule has 0 atom stereocenters. The van der Waals surface area contributed by atoms with Crippen LogP contribution < -0.4 is 5.32 Å². The Balaban J connectivity index is 3.05. The van der Waals surface area contributed by atoms with E-state index in [-0.39, 0.29) is 22.0 Å². The summed E-state index contributed by atoms with van der Waals surface area (Å²) in [6.07, 6.45) is 6.28. The van der Waals surface area contributed by atoms with E-state index < -0.39 is 10.9 Å². The van der Waals surface area contributed by atoms with E-state index in [9.17, 15) is 14.9 Å². The summed E-state index contributed by atoms with van der Waals surface area (Å²) >= 11 is 5.86. The first-order valence-corrected chi connectivity index (χ1v) is 5.73. The number of non-ortho nitro benzene ring substituents is 1. The lowest BCUT2D eigenvalue weighted by Gasteiger charge is -2.10. The van der Waals surface area contributed by atoms with Crippen molar-refractivity contribution in [1.29, 1.82) is 0 Å². The number of aromatic carboxylic acids is 1. The van der Waals surface area contributed by atoms with Crippen molar-refractivity contribution in [3.63, 3.8) is 0 Å². The zero-order valence-corrected chi connectivity index (χ0v) is 10.6. The highest BCUT2D eigenvalue weighted by atomic mass is 35.5. The number of nitrogens with zero attached hydrogens (tertiary/aromatic N) is 1. The van der Waals surface area contributed by atoms with Crippen molar-refractivity contribution >= 4 is 28.9 Å². The normalized spacial score (nSPS) is 9.68. The van der Waals surface area contributed by atoms with Crippen LogP contribution in [0.15, 0.2) is 12.1 Å². The molecular weight excluding hydrogens is 272 g/mol. The number of halogens is 1. The van der Waals surface area contributed by atoms with Crippen LogP contribution in [-0.2, 0) is 0 Å². The zero-order valence-electron chi connectivity index (χ0n) is 9.85. The minimum atomic E-state index is -1.29. The second-order valence-corrected chi connectivity index (χ2v) is 4.05. The summed E-state index contributed by atoms with van der Waals surface area (Å²) in [5.74, 6) is 1.16. The largest absolute Gasteiger partial charge is 0.478 e. The molecular formula is C12H11ClN2O4. The van der Waals surface area contributed by atoms with Crippen LogP contribution in [0.3, 0.4) is 0 Å². The molecule has 0 heterocycles. The molecule has 1 rings (SSSR count). The molecule has 19 heavy (non-hydrogen) atoms. The first-order valence-electron chi connectivity index (χ1n) is 5.36. The smallest absolute Gasteiger partial charge is 0.338 e. The van der Waals surface area contributed by atoms with Crippen LogP contribution in [-0.4, -0.2) is 22.5 Å². The molecule has 1 aromatic carbocycles. The van der Waals surface area contributed by atoms with Gasteiger partial charge in [0.1, 0.15) is 0 Å². The van der Waals surface area contributed by atoms with E-state index in [1.165, 1.54) is 0 Å². The Morgan fingerprint density at radius 1 is 1.58 bits per heavy atom. The molecule has 0 radical (unpaired) electrons. The summed E-state index contributed by atoms with van der Waals surface area (Å²) < 4.78 is 0. The average molecular weight is 283 g/mol. The zero-order chi connectivity index (χ0) is 14.4. The molecule has 0 amide bonds. The van der Waals surface area contributed by atoms with Crippen molar-refractivity contribution in [2.75, 3.05) is 11.9 Å². The molecule has 0 saturated carbocycles. The average Bonchev–Trinajstić information content (AvgIpc) is 2.35. The van der Waals surface area contributed by atoms with Gasteiger partial charge in [-0.15, -0.1) is 12.3 Å². The predicted molar refractivity (Wildman–Crippen MR) is 71.6 cm³/mol. The number of nitrogens with one attached hydrogen (secondary N) is 1. The number of hydrogen-bond donors (Lipinski definition) is 2. The number of nitro groups is 1. The number of carbonyl (C=O) groups is 1. The molecule has 0 aliphatic heterocycles. The first-order chi connectivity index (χ1) is 8.97. The van der Waals surface area contributed by atoms with Crippen LogP contribution in [0.2, 0.25) is 5.02 Å². The number of terminal acetylenes is 1. The molecule has 0 saturated heterocycles. The Labute approximate surface area is 114 Å². The monoisotopic (exact) mass is 282 g/mol. The lowest BCUT2D eigenvalue weighted by Crippen LogP contribution is -2.09. The van der Waals surface area contributed by atoms with Gasteiger partial charge in [-0.25, -0.2) is 4.79 Å². The predicted octanol–water partition coefficient (Wildman–Crippen LogP) is 2.77. The highest BCUT2D eigenvalue weighted by Gasteiger charge is 2.19. The highest BCUT2D eigenvalue weighted by molar-refractivity contribution is 6.34. The fraction of sp³-hybridized carbons (Fsp3) is 0.250. The maximum atomic E-state index is 11.1. The van der Waals surface area contributed by atoms with Crippen LogP contribution in [0.1, 0.15) is 23.2 Å². The van der Waals surface area contributed by atoms with E-state index >= 15 is 0 Å². The second kappa shape index (κ2) is 6.61. The minimum absolute atomic E-state index is 0.00712. The number of unbranched alkanes of at least 4 members (excludes halogenated alkanes) is 1. The van der Waals surface area contributed by atoms with E-state index in [2.05, 4.69) is 11.2 Å². The van der Waals surface area contributed by atoms with Crippen molar-refractivity contribution in [3.05, 3.63) is 32.8 Å². The van der Waals surface area contributed by atoms with Gasteiger partial charge in [-0.05, 0) is 6.42 Å². The summed E-state index contributed by atoms with van der Waals surface area (Å²) in [6.45, 7) is 0.433. The fourth-order valence-corrected chi connectivity index (χ4v) is 1.73. The number of hydrogen-bond acceptors (Lipinski definition) is 4. The fourth-order valence-electron chi connectivity index (χ4n) is 1.45. The second-order valence-electron chi connectivity index (χ2n) is 3.65. The van der Waals surface area contributed by atoms with Gasteiger partial charge in [-0.2, -0.15) is 0 Å². The molecule has 0 fully saturated rings. The molecule has 7 heteroatoms. The van der Waals surface area contributed by atoms with Crippen LogP contribution in [0.25, 0.3) is 0 Å². The third-order valence-corrected chi connectivity index (χ3v) is 2.61. The van der Waals surface area contributed by atoms with Gasteiger partial charge in [-0.3, -0.25) is 10.1 Å². The maximum Gasteiger partial charge on any atom is 0.338 e. The molecule has 0 aromatic heterocycles. The van der Waals surface area contributed by atoms with E-state index in [1.807, 2.05) is 0 Å². The Hall–Kier alpha value is -2.26. The van der Waals surface area contributed by atoms with Gasteiger partial charge in [0.25, 0.3) is 5.69 Å². The molecule has 100 valence electrons. The maximum absolute atomic E-state index is 11.1. The third kappa shape index (κ3) is 3.86. The summed E-state index contributed by atoms with van der Waals surface area (Å²) in [6, 6.07) is 2.08. The lowest BCUT2D eigenvalue weighted by molar-refractivity contribution is -0.384. The highest BCUT2D eigenvalue weighted by Crippen LogP contribution is 2.31. The topological polar surface area (TPSA) is 92.5 Å². The Kier molecular flexibility index (Phi) is 5.15. The number of rotatable bonds is 6. The van der Waals surface area contributed by atoms with Gasteiger partial charge in [-0.1, -0.05) is 11.6 Å². The van der Waals surface area contributed by atoms with Crippen LogP contribution in [0.4, 0.5) is 11.4 Å². The summed E-state index contributed by atoms with van der Waals surface area (Å²) in [7, 11) is 0. The van der Waals surface area contributed by atoms with Crippen LogP contribution in [0, 0.1) is 22.5 Å². The Morgan fingerprint density at radius 2 is 2.26 bits per heavy atom. The number of carboxylic acids is 1. The van der Waals surface area contributed by atoms with Crippen LogP contribution >= 0.6 is 11.6 Å². The van der Waals surface area contributed by atoms with Gasteiger partial charge in [0, 0.05) is 25.1 Å². The SMILES string of the molecule is C#CCCCNc1c(Cl)cc([N+](=O)[O-])cc1C(=O)O. The Bertz CT molecular complexity index is 551. The molecule has 0 aliphatic rings. The number of benzene rings is 1. The molecule has 2 N–H and O–H groups in total. The molecule has 6 nitrogen and oxygen atoms in total. The van der Waals surface area contributed by atoms with E-state index in [4.69, 9.17) is 23.1 Å². The van der Waals surface area contributed by atoms with Gasteiger partial charge in [0.05, 0.1) is 21.2 Å². The number of anilines is 1. The number of carboxylic acid groups (broad SMARTS) is 1. The molecule has 0 bridgehead atoms. The minimum Gasteiger partial charge on any atom is -0.478 e. The first kappa shape index (κ1) is 14.8. The van der Waals surface area contributed by atoms with Crippen molar-refractivity contribution < 1.29 is 14.8 Å². The van der Waals surface area contributed by atoms with Crippen molar-refractivity contribution in [2.45, 2.75) is 12.8 Å². The van der Waals surface area contributed by atoms with Gasteiger partial charge in [0.15, 0.2) is 0 Å². The molecule has 0 aliphatic carbocycles. The van der Waals surface area contributed by atoms with Gasteiger partial charge in [0.2, 0.25) is 0 Å². The quantitative estimate of drug-likeness (QED) is 0.362. The van der Waals surface area contributed by atoms with Crippen molar-refractivity contribution in [3.8, 4) is 12.3 Å². The van der Waals surface area contributed by atoms with Gasteiger partial charge >= 0.3 is 5.97 Å². The van der Waals surface area contributed by atoms with E-state index in [0.717, 1.165) is 12.1 Å². The van der Waals surface area contributed by atoms with E-state index in [0.29, 0.717) is 19.4 Å². The molecule has 0 spiro atoms. The summed E-state index contributed by atoms with van der Waals surface area (Å²) in [5.41, 5.74) is -0.437. The van der Waals surface area contributed by atoms with Crippen molar-refractivity contribution in [1.82, 2.24) is 0 Å². The van der Waals surface area contributed by atoms with Crippen molar-refractivity contribution in [2.24, 2.45) is 0 Å². The Morgan fingerprint density at radius 3 is 2.79 bits per heavy atom. The summed E-state index contributed by atoms with van der Waals surface area (Å²) in [5, 5.41) is 22.5. The number of nitro benzene ring substituents is 1.